The maximum atomic E-state index is 11.5. The molecule has 0 unspecified atom stereocenters. The van der Waals surface area contributed by atoms with Gasteiger partial charge in [0.25, 0.3) is 0 Å². The number of ether oxygens (including phenoxy) is 1. The third-order valence-electron chi connectivity index (χ3n) is 3.20. The van der Waals surface area contributed by atoms with Gasteiger partial charge < -0.3 is 4.74 Å². The number of hydrogen-bond donors (Lipinski definition) is 0. The molecule has 0 saturated heterocycles. The van der Waals surface area contributed by atoms with Gasteiger partial charge in [-0.1, -0.05) is 58.8 Å². The summed E-state index contributed by atoms with van der Waals surface area (Å²) in [5.74, 6) is -0.0413. The lowest BCUT2D eigenvalue weighted by Gasteiger charge is -2.09. The Morgan fingerprint density at radius 2 is 1.67 bits per heavy atom. The highest BCUT2D eigenvalue weighted by Gasteiger charge is 2.13. The van der Waals surface area contributed by atoms with Crippen molar-refractivity contribution in [2.24, 2.45) is 5.92 Å². The molecule has 0 aliphatic heterocycles. The van der Waals surface area contributed by atoms with Gasteiger partial charge in [-0.25, -0.2) is 0 Å². The van der Waals surface area contributed by atoms with E-state index in [1.54, 1.807) is 0 Å². The van der Waals surface area contributed by atoms with E-state index in [1.165, 1.54) is 45.6 Å². The van der Waals surface area contributed by atoms with Gasteiger partial charge in [0, 0.05) is 6.42 Å². The third-order valence-corrected chi connectivity index (χ3v) is 3.20. The summed E-state index contributed by atoms with van der Waals surface area (Å²) >= 11 is 0. The number of carbonyl (C=O) groups excluding carboxylic acids is 2. The fourth-order valence-corrected chi connectivity index (χ4v) is 2.07. The molecule has 0 saturated carbocycles. The van der Waals surface area contributed by atoms with E-state index in [0.29, 0.717) is 12.3 Å². The smallest absolute Gasteiger partial charge is 0.313 e. The summed E-state index contributed by atoms with van der Waals surface area (Å²) in [6.07, 6.45) is 9.20. The highest BCUT2D eigenvalue weighted by atomic mass is 16.5. The van der Waals surface area contributed by atoms with Crippen LogP contribution in [0.25, 0.3) is 0 Å². The Hall–Kier alpha value is -0.860. The predicted octanol–water partition coefficient (Wildman–Crippen LogP) is 3.90. The second-order valence-electron chi connectivity index (χ2n) is 5.16. The number of carbonyl (C=O) groups is 2. The van der Waals surface area contributed by atoms with Crippen LogP contribution in [0.4, 0.5) is 0 Å². The molecule has 0 fully saturated rings. The van der Waals surface area contributed by atoms with Crippen LogP contribution in [0.15, 0.2) is 0 Å². The lowest BCUT2D eigenvalue weighted by Crippen LogP contribution is -2.12. The number of Topliss-reactive ketones (excluding diaryl/α,β-unsaturated/α-hetero) is 1. The number of esters is 1. The third kappa shape index (κ3) is 10.3. The topological polar surface area (TPSA) is 43.4 Å². The summed E-state index contributed by atoms with van der Waals surface area (Å²) in [5.41, 5.74) is 0. The molecule has 0 bridgehead atoms. The van der Waals surface area contributed by atoms with Crippen LogP contribution in [-0.4, -0.2) is 18.9 Å². The molecule has 1 atom stereocenters. The molecule has 3 heteroatoms. The maximum Gasteiger partial charge on any atom is 0.313 e. The SMILES string of the molecule is CCCCCCCC[C@H](C)CC(=O)CC(=O)OC. The number of ketones is 1. The molecule has 106 valence electrons. The lowest BCUT2D eigenvalue weighted by atomic mass is 9.96. The van der Waals surface area contributed by atoms with Crippen LogP contribution < -0.4 is 0 Å². The van der Waals surface area contributed by atoms with Gasteiger partial charge in [-0.2, -0.15) is 0 Å². The quantitative estimate of drug-likeness (QED) is 0.320. The minimum absolute atomic E-state index is 0.000308. The van der Waals surface area contributed by atoms with Crippen molar-refractivity contribution in [1.82, 2.24) is 0 Å². The van der Waals surface area contributed by atoms with E-state index in [4.69, 9.17) is 0 Å². The molecule has 0 radical (unpaired) electrons. The van der Waals surface area contributed by atoms with Crippen LogP contribution in [-0.2, 0) is 14.3 Å². The first kappa shape index (κ1) is 17.1. The Labute approximate surface area is 111 Å². The second-order valence-corrected chi connectivity index (χ2v) is 5.16. The van der Waals surface area contributed by atoms with Crippen LogP contribution >= 0.6 is 0 Å². The van der Waals surface area contributed by atoms with E-state index in [-0.39, 0.29) is 12.2 Å². The van der Waals surface area contributed by atoms with Gasteiger partial charge in [-0.05, 0) is 5.92 Å². The van der Waals surface area contributed by atoms with Gasteiger partial charge in [0.2, 0.25) is 0 Å². The van der Waals surface area contributed by atoms with E-state index in [2.05, 4.69) is 18.6 Å². The zero-order chi connectivity index (χ0) is 13.8. The van der Waals surface area contributed by atoms with Crippen molar-refractivity contribution >= 4 is 11.8 Å². The zero-order valence-electron chi connectivity index (χ0n) is 12.2. The predicted molar refractivity (Wildman–Crippen MR) is 73.4 cm³/mol. The largest absolute Gasteiger partial charge is 0.469 e. The molecule has 18 heavy (non-hydrogen) atoms. The van der Waals surface area contributed by atoms with Crippen molar-refractivity contribution in [1.29, 1.82) is 0 Å². The van der Waals surface area contributed by atoms with Crippen molar-refractivity contribution in [2.45, 2.75) is 71.6 Å². The van der Waals surface area contributed by atoms with Gasteiger partial charge in [-0.15, -0.1) is 0 Å². The van der Waals surface area contributed by atoms with Crippen LogP contribution in [0.5, 0.6) is 0 Å². The molecule has 0 aromatic carbocycles. The molecule has 0 spiro atoms. The van der Waals surface area contributed by atoms with Gasteiger partial charge in [0.05, 0.1) is 7.11 Å². The molecule has 0 aromatic heterocycles. The van der Waals surface area contributed by atoms with Crippen LogP contribution in [0.2, 0.25) is 0 Å². The fraction of sp³-hybridized carbons (Fsp3) is 0.867. The average Bonchev–Trinajstić information content (AvgIpc) is 2.33. The summed E-state index contributed by atoms with van der Waals surface area (Å²) < 4.78 is 4.48. The molecular weight excluding hydrogens is 228 g/mol. The lowest BCUT2D eigenvalue weighted by molar-refractivity contribution is -0.143. The maximum absolute atomic E-state index is 11.5. The van der Waals surface area contributed by atoms with E-state index in [1.807, 2.05) is 0 Å². The molecular formula is C15H28O3. The number of unbranched alkanes of at least 4 members (excludes halogenated alkanes) is 5. The number of methoxy groups -OCH3 is 1. The first-order valence-corrected chi connectivity index (χ1v) is 7.18. The molecule has 0 rings (SSSR count). The Bertz CT molecular complexity index is 236. The minimum atomic E-state index is -0.424. The van der Waals surface area contributed by atoms with Crippen LogP contribution in [0.1, 0.15) is 71.6 Å². The van der Waals surface area contributed by atoms with Crippen LogP contribution in [0.3, 0.4) is 0 Å². The van der Waals surface area contributed by atoms with Crippen molar-refractivity contribution in [2.75, 3.05) is 7.11 Å². The standard InChI is InChI=1S/C15H28O3/c1-4-5-6-7-8-9-10-13(2)11-14(16)12-15(17)18-3/h13H,4-12H2,1-3H3/t13-/m0/s1. The first-order valence-electron chi connectivity index (χ1n) is 7.18. The monoisotopic (exact) mass is 256 g/mol. The Kier molecular flexibility index (Phi) is 10.7. The molecule has 0 N–H and O–H groups in total. The molecule has 0 aromatic rings. The molecule has 0 aliphatic rings. The second kappa shape index (κ2) is 11.2. The Morgan fingerprint density at radius 3 is 2.28 bits per heavy atom. The van der Waals surface area contributed by atoms with E-state index < -0.39 is 5.97 Å². The average molecular weight is 256 g/mol. The molecule has 3 nitrogen and oxygen atoms in total. The van der Waals surface area contributed by atoms with E-state index >= 15 is 0 Å². The highest BCUT2D eigenvalue weighted by molar-refractivity contribution is 5.95. The van der Waals surface area contributed by atoms with E-state index in [9.17, 15) is 9.59 Å². The fourth-order valence-electron chi connectivity index (χ4n) is 2.07. The number of rotatable bonds is 11. The normalized spacial score (nSPS) is 12.2. The molecule has 0 amide bonds. The van der Waals surface area contributed by atoms with Crippen molar-refractivity contribution < 1.29 is 14.3 Å². The van der Waals surface area contributed by atoms with Gasteiger partial charge in [0.15, 0.2) is 0 Å². The Balaban J connectivity index is 3.49. The minimum Gasteiger partial charge on any atom is -0.469 e. The summed E-state index contributed by atoms with van der Waals surface area (Å²) in [4.78, 5) is 22.4. The first-order chi connectivity index (χ1) is 8.60. The van der Waals surface area contributed by atoms with Crippen molar-refractivity contribution in [3.05, 3.63) is 0 Å². The molecule has 0 aliphatic carbocycles. The van der Waals surface area contributed by atoms with Crippen molar-refractivity contribution in [3.8, 4) is 0 Å². The number of hydrogen-bond acceptors (Lipinski definition) is 3. The van der Waals surface area contributed by atoms with Gasteiger partial charge in [0.1, 0.15) is 12.2 Å². The van der Waals surface area contributed by atoms with Crippen LogP contribution in [0, 0.1) is 5.92 Å². The summed E-state index contributed by atoms with van der Waals surface area (Å²) in [6.45, 7) is 4.30. The van der Waals surface area contributed by atoms with Gasteiger partial charge >= 0.3 is 5.97 Å². The highest BCUT2D eigenvalue weighted by Crippen LogP contribution is 2.15. The summed E-state index contributed by atoms with van der Waals surface area (Å²) in [5, 5.41) is 0. The van der Waals surface area contributed by atoms with E-state index in [0.717, 1.165) is 6.42 Å². The zero-order valence-corrected chi connectivity index (χ0v) is 12.2. The van der Waals surface area contributed by atoms with Gasteiger partial charge in [-0.3, -0.25) is 9.59 Å². The Morgan fingerprint density at radius 1 is 1.06 bits per heavy atom. The summed E-state index contributed by atoms with van der Waals surface area (Å²) in [6, 6.07) is 0. The van der Waals surface area contributed by atoms with Crippen molar-refractivity contribution in [3.63, 3.8) is 0 Å². The molecule has 0 heterocycles. The summed E-state index contributed by atoms with van der Waals surface area (Å²) in [7, 11) is 1.31.